The van der Waals surface area contributed by atoms with Crippen LogP contribution in [0, 0.1) is 0 Å². The summed E-state index contributed by atoms with van der Waals surface area (Å²) in [5.41, 5.74) is 0.758. The highest BCUT2D eigenvalue weighted by Crippen LogP contribution is 2.20. The summed E-state index contributed by atoms with van der Waals surface area (Å²) in [4.78, 5) is 0. The van der Waals surface area contributed by atoms with Crippen LogP contribution in [0.5, 0.6) is 5.75 Å². The van der Waals surface area contributed by atoms with Crippen molar-refractivity contribution >= 4 is 21.1 Å². The molecule has 1 aromatic heterocycles. The lowest BCUT2D eigenvalue weighted by molar-refractivity contribution is 0.480. The Bertz CT molecular complexity index is 802. The Morgan fingerprint density at radius 3 is 2.43 bits per heavy atom. The third kappa shape index (κ3) is 3.44. The molecule has 0 radical (unpaired) electrons. The van der Waals surface area contributed by atoms with Gasteiger partial charge in [0.05, 0.1) is 5.75 Å². The fraction of sp³-hybridized carbons (Fsp3) is 0.125. The van der Waals surface area contributed by atoms with Crippen molar-refractivity contribution in [1.29, 1.82) is 0 Å². The SMILES string of the molecule is O=S(=O)(CCc1cc2ccccc2o1)Oc1ccccc1. The Kier molecular flexibility index (Phi) is 3.66. The molecule has 21 heavy (non-hydrogen) atoms. The summed E-state index contributed by atoms with van der Waals surface area (Å²) in [5, 5.41) is 0.967. The van der Waals surface area contributed by atoms with Crippen LogP contribution in [0.3, 0.4) is 0 Å². The largest absolute Gasteiger partial charge is 0.461 e. The van der Waals surface area contributed by atoms with Gasteiger partial charge in [0.25, 0.3) is 0 Å². The van der Waals surface area contributed by atoms with Gasteiger partial charge in [-0.05, 0) is 24.3 Å². The Hall–Kier alpha value is -2.27. The van der Waals surface area contributed by atoms with Gasteiger partial charge in [0.2, 0.25) is 0 Å². The summed E-state index contributed by atoms with van der Waals surface area (Å²) in [6, 6.07) is 17.9. The molecule has 0 bridgehead atoms. The highest BCUT2D eigenvalue weighted by Gasteiger charge is 2.14. The lowest BCUT2D eigenvalue weighted by Crippen LogP contribution is -2.15. The molecular weight excluding hydrogens is 288 g/mol. The minimum atomic E-state index is -3.63. The molecule has 108 valence electrons. The zero-order valence-electron chi connectivity index (χ0n) is 11.2. The van der Waals surface area contributed by atoms with E-state index in [2.05, 4.69) is 0 Å². The Labute approximate surface area is 123 Å². The van der Waals surface area contributed by atoms with Crippen LogP contribution in [0.1, 0.15) is 5.76 Å². The number of furan rings is 1. The van der Waals surface area contributed by atoms with Gasteiger partial charge in [-0.3, -0.25) is 0 Å². The molecule has 0 saturated heterocycles. The van der Waals surface area contributed by atoms with Gasteiger partial charge in [-0.2, -0.15) is 8.42 Å². The number of hydrogen-bond acceptors (Lipinski definition) is 4. The second kappa shape index (κ2) is 5.61. The van der Waals surface area contributed by atoms with Crippen LogP contribution in [-0.2, 0) is 16.5 Å². The molecule has 0 N–H and O–H groups in total. The first kappa shape index (κ1) is 13.7. The minimum Gasteiger partial charge on any atom is -0.461 e. The topological polar surface area (TPSA) is 56.5 Å². The van der Waals surface area contributed by atoms with E-state index in [9.17, 15) is 8.42 Å². The number of aryl methyl sites for hydroxylation is 1. The predicted octanol–water partition coefficient (Wildman–Crippen LogP) is 3.38. The van der Waals surface area contributed by atoms with Crippen molar-refractivity contribution in [3.05, 3.63) is 66.4 Å². The zero-order chi connectivity index (χ0) is 14.7. The van der Waals surface area contributed by atoms with E-state index in [1.807, 2.05) is 30.3 Å². The van der Waals surface area contributed by atoms with Crippen molar-refractivity contribution < 1.29 is 17.0 Å². The van der Waals surface area contributed by atoms with Crippen molar-refractivity contribution in [3.8, 4) is 5.75 Å². The van der Waals surface area contributed by atoms with Crippen molar-refractivity contribution in [2.45, 2.75) is 6.42 Å². The molecule has 0 amide bonds. The molecule has 1 heterocycles. The molecule has 0 spiro atoms. The Morgan fingerprint density at radius 1 is 0.952 bits per heavy atom. The minimum absolute atomic E-state index is 0.123. The normalized spacial score (nSPS) is 11.6. The molecular formula is C16H14O4S. The van der Waals surface area contributed by atoms with Gasteiger partial charge in [-0.15, -0.1) is 0 Å². The standard InChI is InChI=1S/C16H14O4S/c17-21(18,20-14-7-2-1-3-8-14)11-10-15-12-13-6-4-5-9-16(13)19-15/h1-9,12H,10-11H2. The van der Waals surface area contributed by atoms with E-state index in [1.54, 1.807) is 30.3 Å². The maximum absolute atomic E-state index is 11.9. The summed E-state index contributed by atoms with van der Waals surface area (Å²) in [6.07, 6.45) is 0.282. The van der Waals surface area contributed by atoms with Crippen LogP contribution in [-0.4, -0.2) is 14.2 Å². The van der Waals surface area contributed by atoms with Crippen molar-refractivity contribution in [2.75, 3.05) is 5.75 Å². The van der Waals surface area contributed by atoms with E-state index in [-0.39, 0.29) is 12.2 Å². The predicted molar refractivity (Wildman–Crippen MR) is 80.8 cm³/mol. The van der Waals surface area contributed by atoms with E-state index in [0.717, 1.165) is 11.0 Å². The van der Waals surface area contributed by atoms with Gasteiger partial charge < -0.3 is 8.60 Å². The lowest BCUT2D eigenvalue weighted by Gasteiger charge is -2.05. The van der Waals surface area contributed by atoms with Crippen LogP contribution in [0.4, 0.5) is 0 Å². The molecule has 3 aromatic rings. The lowest BCUT2D eigenvalue weighted by atomic mass is 10.2. The van der Waals surface area contributed by atoms with E-state index in [1.165, 1.54) is 0 Å². The number of para-hydroxylation sites is 2. The fourth-order valence-corrected chi connectivity index (χ4v) is 2.99. The summed E-state index contributed by atoms with van der Waals surface area (Å²) in [5.74, 6) is 0.834. The second-order valence-corrected chi connectivity index (χ2v) is 6.35. The first-order valence-electron chi connectivity index (χ1n) is 6.57. The number of hydrogen-bond donors (Lipinski definition) is 0. The average Bonchev–Trinajstić information content (AvgIpc) is 2.89. The summed E-state index contributed by atoms with van der Waals surface area (Å²) < 4.78 is 34.5. The summed E-state index contributed by atoms with van der Waals surface area (Å²) in [7, 11) is -3.63. The van der Waals surface area contributed by atoms with Crippen LogP contribution < -0.4 is 4.18 Å². The van der Waals surface area contributed by atoms with Crippen molar-refractivity contribution in [2.24, 2.45) is 0 Å². The Balaban J connectivity index is 1.68. The first-order valence-corrected chi connectivity index (χ1v) is 8.15. The maximum Gasteiger partial charge on any atom is 0.309 e. The van der Waals surface area contributed by atoms with Gasteiger partial charge >= 0.3 is 10.1 Å². The van der Waals surface area contributed by atoms with Gasteiger partial charge in [-0.1, -0.05) is 36.4 Å². The van der Waals surface area contributed by atoms with Gasteiger partial charge in [-0.25, -0.2) is 0 Å². The average molecular weight is 302 g/mol. The number of fused-ring (bicyclic) bond motifs is 1. The third-order valence-electron chi connectivity index (χ3n) is 3.04. The van der Waals surface area contributed by atoms with E-state index < -0.39 is 10.1 Å². The molecule has 0 aliphatic carbocycles. The van der Waals surface area contributed by atoms with Crippen LogP contribution in [0.15, 0.2) is 65.1 Å². The fourth-order valence-electron chi connectivity index (χ4n) is 2.05. The van der Waals surface area contributed by atoms with E-state index >= 15 is 0 Å². The molecule has 0 aliphatic rings. The summed E-state index contributed by atoms with van der Waals surface area (Å²) in [6.45, 7) is 0. The number of rotatable bonds is 5. The van der Waals surface area contributed by atoms with Gasteiger partial charge in [0, 0.05) is 11.8 Å². The van der Waals surface area contributed by atoms with Crippen molar-refractivity contribution in [3.63, 3.8) is 0 Å². The molecule has 3 rings (SSSR count). The summed E-state index contributed by atoms with van der Waals surface area (Å²) >= 11 is 0. The van der Waals surface area contributed by atoms with Crippen molar-refractivity contribution in [1.82, 2.24) is 0 Å². The molecule has 5 heteroatoms. The molecule has 0 unspecified atom stereocenters. The maximum atomic E-state index is 11.9. The molecule has 2 aromatic carbocycles. The third-order valence-corrected chi connectivity index (χ3v) is 4.19. The zero-order valence-corrected chi connectivity index (χ0v) is 12.0. The Morgan fingerprint density at radius 2 is 1.67 bits per heavy atom. The van der Waals surface area contributed by atoms with Crippen LogP contribution in [0.2, 0.25) is 0 Å². The first-order chi connectivity index (χ1) is 10.1. The highest BCUT2D eigenvalue weighted by atomic mass is 32.2. The quantitative estimate of drug-likeness (QED) is 0.678. The molecule has 0 fully saturated rings. The van der Waals surface area contributed by atoms with E-state index in [4.69, 9.17) is 8.60 Å². The monoisotopic (exact) mass is 302 g/mol. The van der Waals surface area contributed by atoms with Crippen LogP contribution in [0.25, 0.3) is 11.0 Å². The number of benzene rings is 2. The van der Waals surface area contributed by atoms with E-state index in [0.29, 0.717) is 11.5 Å². The smallest absolute Gasteiger partial charge is 0.309 e. The van der Waals surface area contributed by atoms with Gasteiger partial charge in [0.1, 0.15) is 17.1 Å². The van der Waals surface area contributed by atoms with Crippen LogP contribution >= 0.6 is 0 Å². The molecule has 4 nitrogen and oxygen atoms in total. The van der Waals surface area contributed by atoms with Gasteiger partial charge in [0.15, 0.2) is 0 Å². The second-order valence-electron chi connectivity index (χ2n) is 4.66. The highest BCUT2D eigenvalue weighted by molar-refractivity contribution is 7.87. The molecule has 0 aliphatic heterocycles. The molecule has 0 saturated carbocycles. The molecule has 0 atom stereocenters.